The predicted octanol–water partition coefficient (Wildman–Crippen LogP) is 5.98. The molecule has 1 heteroatoms. The van der Waals surface area contributed by atoms with Crippen molar-refractivity contribution in [3.05, 3.63) is 60.2 Å². The Hall–Kier alpha value is -1.08. The SMILES string of the molecule is BrC(c1ccc(-c2ccccc2)cc1)C1CCCC1. The maximum Gasteiger partial charge on any atom is 0.0423 e. The minimum Gasteiger partial charge on any atom is -0.0836 e. The van der Waals surface area contributed by atoms with Gasteiger partial charge in [0.1, 0.15) is 0 Å². The molecule has 98 valence electrons. The summed E-state index contributed by atoms with van der Waals surface area (Å²) in [7, 11) is 0. The molecule has 0 spiro atoms. The average molecular weight is 315 g/mol. The number of rotatable bonds is 3. The van der Waals surface area contributed by atoms with Crippen molar-refractivity contribution >= 4 is 15.9 Å². The van der Waals surface area contributed by atoms with E-state index in [0.29, 0.717) is 4.83 Å². The van der Waals surface area contributed by atoms with Crippen LogP contribution in [0.1, 0.15) is 36.1 Å². The molecule has 0 amide bonds. The molecule has 0 aromatic heterocycles. The third kappa shape index (κ3) is 2.92. The van der Waals surface area contributed by atoms with Crippen LogP contribution < -0.4 is 0 Å². The predicted molar refractivity (Wildman–Crippen MR) is 85.5 cm³/mol. The molecular formula is C18H19Br. The van der Waals surface area contributed by atoms with E-state index in [1.807, 2.05) is 0 Å². The molecule has 3 rings (SSSR count). The van der Waals surface area contributed by atoms with Gasteiger partial charge in [-0.15, -0.1) is 0 Å². The fourth-order valence-corrected chi connectivity index (χ4v) is 3.85. The fraction of sp³-hybridized carbons (Fsp3) is 0.333. The third-order valence-corrected chi connectivity index (χ3v) is 5.43. The first kappa shape index (κ1) is 12.9. The highest BCUT2D eigenvalue weighted by atomic mass is 79.9. The molecule has 2 aromatic carbocycles. The maximum atomic E-state index is 3.89. The van der Waals surface area contributed by atoms with E-state index in [9.17, 15) is 0 Å². The fourth-order valence-electron chi connectivity index (χ4n) is 3.01. The van der Waals surface area contributed by atoms with Crippen LogP contribution in [-0.2, 0) is 0 Å². The summed E-state index contributed by atoms with van der Waals surface area (Å²) >= 11 is 3.89. The van der Waals surface area contributed by atoms with Crippen molar-refractivity contribution < 1.29 is 0 Å². The van der Waals surface area contributed by atoms with Crippen LogP contribution in [0.2, 0.25) is 0 Å². The molecule has 0 saturated heterocycles. The van der Waals surface area contributed by atoms with E-state index in [4.69, 9.17) is 0 Å². The van der Waals surface area contributed by atoms with Gasteiger partial charge in [0.2, 0.25) is 0 Å². The second-order valence-corrected chi connectivity index (χ2v) is 6.42. The zero-order valence-electron chi connectivity index (χ0n) is 11.1. The summed E-state index contributed by atoms with van der Waals surface area (Å²) in [6.45, 7) is 0. The molecule has 1 saturated carbocycles. The minimum absolute atomic E-state index is 0.528. The summed E-state index contributed by atoms with van der Waals surface area (Å²) in [5.74, 6) is 0.822. The highest BCUT2D eigenvalue weighted by molar-refractivity contribution is 9.09. The second kappa shape index (κ2) is 5.92. The summed E-state index contributed by atoms with van der Waals surface area (Å²) in [6, 6.07) is 19.6. The van der Waals surface area contributed by atoms with Gasteiger partial charge in [-0.25, -0.2) is 0 Å². The summed E-state index contributed by atoms with van der Waals surface area (Å²) < 4.78 is 0. The minimum atomic E-state index is 0.528. The normalized spacial score (nSPS) is 17.5. The highest BCUT2D eigenvalue weighted by Crippen LogP contribution is 2.41. The lowest BCUT2D eigenvalue weighted by Gasteiger charge is -2.17. The van der Waals surface area contributed by atoms with Gasteiger partial charge in [0, 0.05) is 4.83 Å². The van der Waals surface area contributed by atoms with E-state index in [0.717, 1.165) is 5.92 Å². The largest absolute Gasteiger partial charge is 0.0836 e. The second-order valence-electron chi connectivity index (χ2n) is 5.43. The molecule has 1 aliphatic rings. The van der Waals surface area contributed by atoms with Crippen LogP contribution in [-0.4, -0.2) is 0 Å². The van der Waals surface area contributed by atoms with Crippen LogP contribution in [0.5, 0.6) is 0 Å². The first-order valence-electron chi connectivity index (χ1n) is 7.14. The van der Waals surface area contributed by atoms with Gasteiger partial charge in [0.25, 0.3) is 0 Å². The summed E-state index contributed by atoms with van der Waals surface area (Å²) in [4.78, 5) is 0.528. The van der Waals surface area contributed by atoms with Crippen LogP contribution in [0, 0.1) is 5.92 Å². The van der Waals surface area contributed by atoms with Crippen molar-refractivity contribution in [1.29, 1.82) is 0 Å². The smallest absolute Gasteiger partial charge is 0.0423 e. The van der Waals surface area contributed by atoms with E-state index >= 15 is 0 Å². The van der Waals surface area contributed by atoms with Crippen LogP contribution >= 0.6 is 15.9 Å². The summed E-state index contributed by atoms with van der Waals surface area (Å²) in [5.41, 5.74) is 4.02. The monoisotopic (exact) mass is 314 g/mol. The average Bonchev–Trinajstić information content (AvgIpc) is 3.02. The van der Waals surface area contributed by atoms with Gasteiger partial charge in [-0.3, -0.25) is 0 Å². The Kier molecular flexibility index (Phi) is 4.03. The van der Waals surface area contributed by atoms with E-state index in [2.05, 4.69) is 70.5 Å². The van der Waals surface area contributed by atoms with Crippen molar-refractivity contribution in [2.45, 2.75) is 30.5 Å². The number of hydrogen-bond acceptors (Lipinski definition) is 0. The van der Waals surface area contributed by atoms with Gasteiger partial charge < -0.3 is 0 Å². The summed E-state index contributed by atoms with van der Waals surface area (Å²) in [6.07, 6.45) is 5.54. The quantitative estimate of drug-likeness (QED) is 0.611. The Morgan fingerprint density at radius 2 is 1.37 bits per heavy atom. The van der Waals surface area contributed by atoms with Gasteiger partial charge in [-0.05, 0) is 35.4 Å². The molecule has 0 nitrogen and oxygen atoms in total. The molecule has 0 bridgehead atoms. The van der Waals surface area contributed by atoms with Crippen LogP contribution in [0.3, 0.4) is 0 Å². The Bertz CT molecular complexity index is 509. The van der Waals surface area contributed by atoms with Crippen LogP contribution in [0.25, 0.3) is 11.1 Å². The molecule has 1 fully saturated rings. The zero-order chi connectivity index (χ0) is 13.1. The Labute approximate surface area is 124 Å². The van der Waals surface area contributed by atoms with Crippen LogP contribution in [0.4, 0.5) is 0 Å². The molecule has 0 radical (unpaired) electrons. The molecule has 0 aliphatic heterocycles. The molecule has 1 aliphatic carbocycles. The Morgan fingerprint density at radius 3 is 2.00 bits per heavy atom. The number of halogens is 1. The van der Waals surface area contributed by atoms with Crippen molar-refractivity contribution in [2.24, 2.45) is 5.92 Å². The molecule has 0 N–H and O–H groups in total. The van der Waals surface area contributed by atoms with Crippen molar-refractivity contribution in [3.63, 3.8) is 0 Å². The van der Waals surface area contributed by atoms with E-state index in [-0.39, 0.29) is 0 Å². The van der Waals surface area contributed by atoms with Crippen molar-refractivity contribution in [1.82, 2.24) is 0 Å². The Balaban J connectivity index is 1.79. The van der Waals surface area contributed by atoms with Gasteiger partial charge >= 0.3 is 0 Å². The summed E-state index contributed by atoms with van der Waals surface area (Å²) in [5, 5.41) is 0. The van der Waals surface area contributed by atoms with Gasteiger partial charge in [0.05, 0.1) is 0 Å². The molecule has 0 heterocycles. The van der Waals surface area contributed by atoms with Gasteiger partial charge in [-0.2, -0.15) is 0 Å². The van der Waals surface area contributed by atoms with E-state index in [1.165, 1.54) is 42.4 Å². The molecule has 2 aromatic rings. The van der Waals surface area contributed by atoms with Gasteiger partial charge in [-0.1, -0.05) is 83.4 Å². The first-order valence-corrected chi connectivity index (χ1v) is 8.05. The zero-order valence-corrected chi connectivity index (χ0v) is 12.6. The maximum absolute atomic E-state index is 3.89. The lowest BCUT2D eigenvalue weighted by molar-refractivity contribution is 0.542. The van der Waals surface area contributed by atoms with Crippen molar-refractivity contribution in [2.75, 3.05) is 0 Å². The highest BCUT2D eigenvalue weighted by Gasteiger charge is 2.23. The molecular weight excluding hydrogens is 296 g/mol. The van der Waals surface area contributed by atoms with Crippen LogP contribution in [0.15, 0.2) is 54.6 Å². The first-order chi connectivity index (χ1) is 9.34. The standard InChI is InChI=1S/C18H19Br/c19-18(16-8-4-5-9-16)17-12-10-15(11-13-17)14-6-2-1-3-7-14/h1-3,6-7,10-13,16,18H,4-5,8-9H2. The number of hydrogen-bond donors (Lipinski definition) is 0. The third-order valence-electron chi connectivity index (χ3n) is 4.15. The Morgan fingerprint density at radius 1 is 0.789 bits per heavy atom. The van der Waals surface area contributed by atoms with Crippen molar-refractivity contribution in [3.8, 4) is 11.1 Å². The number of alkyl halides is 1. The molecule has 1 atom stereocenters. The van der Waals surface area contributed by atoms with Gasteiger partial charge in [0.15, 0.2) is 0 Å². The molecule has 19 heavy (non-hydrogen) atoms. The molecule has 1 unspecified atom stereocenters. The topological polar surface area (TPSA) is 0 Å². The number of benzene rings is 2. The lowest BCUT2D eigenvalue weighted by Crippen LogP contribution is -2.02. The van der Waals surface area contributed by atoms with E-state index < -0.39 is 0 Å². The lowest BCUT2D eigenvalue weighted by atomic mass is 9.96. The van der Waals surface area contributed by atoms with E-state index in [1.54, 1.807) is 0 Å².